The average Bonchev–Trinajstić information content (AvgIpc) is 3.21. The van der Waals surface area contributed by atoms with Gasteiger partial charge in [0.1, 0.15) is 15.5 Å². The van der Waals surface area contributed by atoms with Crippen LogP contribution in [0, 0.1) is 5.92 Å². The Morgan fingerprint density at radius 1 is 1.15 bits per heavy atom. The van der Waals surface area contributed by atoms with Gasteiger partial charge in [0, 0.05) is 11.9 Å². The van der Waals surface area contributed by atoms with Crippen LogP contribution < -0.4 is 5.32 Å². The number of nitrogens with zero attached hydrogens (tertiary/aromatic N) is 1. The Morgan fingerprint density at radius 2 is 1.93 bits per heavy atom. The van der Waals surface area contributed by atoms with Crippen molar-refractivity contribution < 1.29 is 17.6 Å². The predicted molar refractivity (Wildman–Crippen MR) is 103 cm³/mol. The molecule has 0 unspecified atom stereocenters. The van der Waals surface area contributed by atoms with Gasteiger partial charge in [0.05, 0.1) is 28.8 Å². The molecule has 1 saturated heterocycles. The number of amides is 1. The third-order valence-corrected chi connectivity index (χ3v) is 6.68. The van der Waals surface area contributed by atoms with Crippen LogP contribution in [-0.4, -0.2) is 37.4 Å². The van der Waals surface area contributed by atoms with Crippen molar-refractivity contribution in [3.8, 4) is 11.5 Å². The van der Waals surface area contributed by atoms with Crippen molar-refractivity contribution in [2.45, 2.75) is 12.8 Å². The number of carbonyl (C=O) groups excluding carboxylic acids is 1. The minimum Gasteiger partial charge on any atom is -0.463 e. The van der Waals surface area contributed by atoms with Crippen molar-refractivity contribution in [3.05, 3.63) is 54.3 Å². The summed E-state index contributed by atoms with van der Waals surface area (Å²) in [7, 11) is -2.90. The lowest BCUT2D eigenvalue weighted by molar-refractivity contribution is 0.0948. The summed E-state index contributed by atoms with van der Waals surface area (Å²) >= 11 is 0. The van der Waals surface area contributed by atoms with Gasteiger partial charge in [-0.25, -0.2) is 13.4 Å². The number of benzene rings is 1. The smallest absolute Gasteiger partial charge is 0.252 e. The summed E-state index contributed by atoms with van der Waals surface area (Å²) in [6, 6.07) is 12.8. The largest absolute Gasteiger partial charge is 0.463 e. The quantitative estimate of drug-likeness (QED) is 0.747. The van der Waals surface area contributed by atoms with Crippen molar-refractivity contribution in [2.24, 2.45) is 5.92 Å². The van der Waals surface area contributed by atoms with E-state index in [0.29, 0.717) is 36.4 Å². The van der Waals surface area contributed by atoms with Crippen LogP contribution >= 0.6 is 0 Å². The standard InChI is InChI=1S/C20H20N2O4S/c23-20(21-13-14-7-10-27(24,25)11-8-14)16-12-18(19-6-3-9-26-19)22-17-5-2-1-4-15(16)17/h1-6,9,12,14H,7-8,10-11,13H2,(H,21,23). The minimum atomic E-state index is -2.90. The van der Waals surface area contributed by atoms with Crippen LogP contribution in [0.4, 0.5) is 0 Å². The molecule has 3 aromatic rings. The second kappa shape index (κ2) is 7.15. The highest BCUT2D eigenvalue weighted by molar-refractivity contribution is 7.91. The van der Waals surface area contributed by atoms with Gasteiger partial charge in [-0.1, -0.05) is 18.2 Å². The molecule has 1 fully saturated rings. The minimum absolute atomic E-state index is 0.185. The lowest BCUT2D eigenvalue weighted by Crippen LogP contribution is -2.34. The molecule has 1 N–H and O–H groups in total. The molecule has 0 aliphatic carbocycles. The number of nitrogens with one attached hydrogen (secondary N) is 1. The number of aromatic nitrogens is 1. The Morgan fingerprint density at radius 3 is 2.67 bits per heavy atom. The summed E-state index contributed by atoms with van der Waals surface area (Å²) in [6.07, 6.45) is 2.76. The maximum atomic E-state index is 12.9. The fourth-order valence-corrected chi connectivity index (χ4v) is 4.98. The van der Waals surface area contributed by atoms with Crippen LogP contribution in [-0.2, 0) is 9.84 Å². The molecule has 1 aromatic carbocycles. The van der Waals surface area contributed by atoms with E-state index in [0.717, 1.165) is 10.9 Å². The van der Waals surface area contributed by atoms with Crippen LogP contribution in [0.25, 0.3) is 22.4 Å². The van der Waals surface area contributed by atoms with Crippen LogP contribution in [0.3, 0.4) is 0 Å². The Labute approximate surface area is 157 Å². The van der Waals surface area contributed by atoms with Gasteiger partial charge < -0.3 is 9.73 Å². The highest BCUT2D eigenvalue weighted by Crippen LogP contribution is 2.25. The van der Waals surface area contributed by atoms with Crippen LogP contribution in [0.5, 0.6) is 0 Å². The highest BCUT2D eigenvalue weighted by atomic mass is 32.2. The number of para-hydroxylation sites is 1. The molecule has 0 atom stereocenters. The van der Waals surface area contributed by atoms with Crippen molar-refractivity contribution in [3.63, 3.8) is 0 Å². The van der Waals surface area contributed by atoms with Gasteiger partial charge in [-0.05, 0) is 43.0 Å². The van der Waals surface area contributed by atoms with E-state index in [9.17, 15) is 13.2 Å². The molecule has 0 spiro atoms. The summed E-state index contributed by atoms with van der Waals surface area (Å²) in [5, 5.41) is 3.74. The van der Waals surface area contributed by atoms with Gasteiger partial charge in [0.15, 0.2) is 5.76 Å². The molecule has 2 aromatic heterocycles. The zero-order valence-corrected chi connectivity index (χ0v) is 15.5. The van der Waals surface area contributed by atoms with E-state index in [1.165, 1.54) is 0 Å². The van der Waals surface area contributed by atoms with Crippen LogP contribution in [0.1, 0.15) is 23.2 Å². The first kappa shape index (κ1) is 17.7. The summed E-state index contributed by atoms with van der Waals surface area (Å²) in [5.74, 6) is 1.01. The van der Waals surface area contributed by atoms with Gasteiger partial charge >= 0.3 is 0 Å². The molecule has 6 nitrogen and oxygen atoms in total. The Kier molecular flexibility index (Phi) is 4.70. The van der Waals surface area contributed by atoms with Crippen LogP contribution in [0.2, 0.25) is 0 Å². The van der Waals surface area contributed by atoms with Gasteiger partial charge in [0.25, 0.3) is 5.91 Å². The lowest BCUT2D eigenvalue weighted by Gasteiger charge is -2.22. The fraction of sp³-hybridized carbons (Fsp3) is 0.300. The number of pyridine rings is 1. The zero-order valence-electron chi connectivity index (χ0n) is 14.7. The molecule has 0 radical (unpaired) electrons. The first-order valence-electron chi connectivity index (χ1n) is 8.94. The topological polar surface area (TPSA) is 89.3 Å². The molecular weight excluding hydrogens is 364 g/mol. The number of rotatable bonds is 4. The monoisotopic (exact) mass is 384 g/mol. The second-order valence-electron chi connectivity index (χ2n) is 6.85. The molecule has 1 amide bonds. The molecule has 27 heavy (non-hydrogen) atoms. The number of sulfone groups is 1. The van der Waals surface area contributed by atoms with E-state index in [2.05, 4.69) is 10.3 Å². The number of hydrogen-bond donors (Lipinski definition) is 1. The number of hydrogen-bond acceptors (Lipinski definition) is 5. The number of fused-ring (bicyclic) bond motifs is 1. The Bertz CT molecular complexity index is 1060. The van der Waals surface area contributed by atoms with Crippen LogP contribution in [0.15, 0.2) is 53.1 Å². The van der Waals surface area contributed by atoms with Gasteiger partial charge in [-0.3, -0.25) is 4.79 Å². The van der Waals surface area contributed by atoms with Gasteiger partial charge in [-0.2, -0.15) is 0 Å². The third-order valence-electron chi connectivity index (χ3n) is 4.96. The van der Waals surface area contributed by atoms with E-state index in [1.54, 1.807) is 24.5 Å². The molecule has 1 aliphatic heterocycles. The maximum Gasteiger partial charge on any atom is 0.252 e. The normalized spacial score (nSPS) is 17.0. The summed E-state index contributed by atoms with van der Waals surface area (Å²) in [5.41, 5.74) is 1.86. The third kappa shape index (κ3) is 3.88. The van der Waals surface area contributed by atoms with E-state index in [4.69, 9.17) is 4.42 Å². The van der Waals surface area contributed by atoms with Crippen molar-refractivity contribution in [1.29, 1.82) is 0 Å². The number of carbonyl (C=O) groups is 1. The lowest BCUT2D eigenvalue weighted by atomic mass is 10.0. The zero-order chi connectivity index (χ0) is 18.9. The van der Waals surface area contributed by atoms with Crippen molar-refractivity contribution >= 4 is 26.6 Å². The fourth-order valence-electron chi connectivity index (χ4n) is 3.39. The molecule has 1 aliphatic rings. The van der Waals surface area contributed by atoms with Crippen molar-refractivity contribution in [1.82, 2.24) is 10.3 Å². The van der Waals surface area contributed by atoms with Gasteiger partial charge in [-0.15, -0.1) is 0 Å². The molecule has 140 valence electrons. The summed E-state index contributed by atoms with van der Waals surface area (Å²) < 4.78 is 28.5. The Hall–Kier alpha value is -2.67. The summed E-state index contributed by atoms with van der Waals surface area (Å²) in [4.78, 5) is 17.4. The molecule has 0 saturated carbocycles. The first-order valence-corrected chi connectivity index (χ1v) is 10.8. The van der Waals surface area contributed by atoms with E-state index in [-0.39, 0.29) is 23.3 Å². The highest BCUT2D eigenvalue weighted by Gasteiger charge is 2.24. The van der Waals surface area contributed by atoms with E-state index in [1.807, 2.05) is 24.3 Å². The van der Waals surface area contributed by atoms with Crippen molar-refractivity contribution in [2.75, 3.05) is 18.1 Å². The second-order valence-corrected chi connectivity index (χ2v) is 9.16. The molecule has 4 rings (SSSR count). The SMILES string of the molecule is O=C(NCC1CCS(=O)(=O)CC1)c1cc(-c2ccco2)nc2ccccc12. The number of furan rings is 1. The average molecular weight is 384 g/mol. The molecule has 7 heteroatoms. The Balaban J connectivity index is 1.57. The molecule has 3 heterocycles. The van der Waals surface area contributed by atoms with Gasteiger partial charge in [0.2, 0.25) is 0 Å². The molecule has 0 bridgehead atoms. The summed E-state index contributed by atoms with van der Waals surface area (Å²) in [6.45, 7) is 0.473. The molecular formula is C20H20N2O4S. The maximum absolute atomic E-state index is 12.9. The predicted octanol–water partition coefficient (Wildman–Crippen LogP) is 3.05. The van der Waals surface area contributed by atoms with E-state index < -0.39 is 9.84 Å². The first-order chi connectivity index (χ1) is 13.0. The van der Waals surface area contributed by atoms with E-state index >= 15 is 0 Å².